The molecule has 1 rings (SSSR count). The van der Waals surface area contributed by atoms with E-state index in [4.69, 9.17) is 23.7 Å². The van der Waals surface area contributed by atoms with Crippen LogP contribution in [0.25, 0.3) is 0 Å². The molecule has 0 fully saturated rings. The molecular formula is C18H25NO8. The van der Waals surface area contributed by atoms with Crippen molar-refractivity contribution >= 4 is 11.7 Å². The maximum Gasteiger partial charge on any atom is 0.333 e. The fourth-order valence-electron chi connectivity index (χ4n) is 1.74. The molecule has 1 aromatic rings. The first kappa shape index (κ1) is 22.6. The third kappa shape index (κ3) is 11.0. The first-order chi connectivity index (χ1) is 13.0. The highest BCUT2D eigenvalue weighted by molar-refractivity contribution is 5.86. The summed E-state index contributed by atoms with van der Waals surface area (Å²) in [5, 5.41) is 10.5. The first-order valence-corrected chi connectivity index (χ1v) is 8.44. The van der Waals surface area contributed by atoms with E-state index in [-0.39, 0.29) is 12.3 Å². The second kappa shape index (κ2) is 13.7. The van der Waals surface area contributed by atoms with E-state index >= 15 is 0 Å². The summed E-state index contributed by atoms with van der Waals surface area (Å²) in [7, 11) is 0. The van der Waals surface area contributed by atoms with Crippen LogP contribution in [0.4, 0.5) is 5.69 Å². The van der Waals surface area contributed by atoms with Gasteiger partial charge in [-0.05, 0) is 19.1 Å². The fourth-order valence-corrected chi connectivity index (χ4v) is 1.74. The summed E-state index contributed by atoms with van der Waals surface area (Å²) < 4.78 is 26.2. The third-order valence-electron chi connectivity index (χ3n) is 3.10. The second-order valence-electron chi connectivity index (χ2n) is 5.35. The molecule has 9 nitrogen and oxygen atoms in total. The highest BCUT2D eigenvalue weighted by atomic mass is 16.6. The van der Waals surface area contributed by atoms with Gasteiger partial charge in [-0.3, -0.25) is 10.1 Å². The van der Waals surface area contributed by atoms with Crippen LogP contribution in [0.3, 0.4) is 0 Å². The van der Waals surface area contributed by atoms with Gasteiger partial charge in [0.05, 0.1) is 44.6 Å². The molecule has 0 spiro atoms. The monoisotopic (exact) mass is 383 g/mol. The number of ether oxygens (including phenoxy) is 5. The minimum absolute atomic E-state index is 0.0209. The quantitative estimate of drug-likeness (QED) is 0.149. The Bertz CT molecular complexity index is 588. The topological polar surface area (TPSA) is 106 Å². The van der Waals surface area contributed by atoms with E-state index in [9.17, 15) is 14.9 Å². The summed E-state index contributed by atoms with van der Waals surface area (Å²) >= 11 is 0. The molecular weight excluding hydrogens is 358 g/mol. The van der Waals surface area contributed by atoms with Crippen LogP contribution in [-0.2, 0) is 23.7 Å². The van der Waals surface area contributed by atoms with E-state index in [0.29, 0.717) is 57.6 Å². The minimum Gasteiger partial charge on any atom is -0.491 e. The molecule has 27 heavy (non-hydrogen) atoms. The van der Waals surface area contributed by atoms with E-state index in [1.54, 1.807) is 19.1 Å². The van der Waals surface area contributed by atoms with Gasteiger partial charge in [-0.25, -0.2) is 4.79 Å². The number of nitrogens with zero attached hydrogens (tertiary/aromatic N) is 1. The van der Waals surface area contributed by atoms with Gasteiger partial charge in [0.15, 0.2) is 0 Å². The average molecular weight is 383 g/mol. The number of hydrogen-bond acceptors (Lipinski definition) is 8. The van der Waals surface area contributed by atoms with Gasteiger partial charge in [0.2, 0.25) is 0 Å². The molecule has 0 bridgehead atoms. The van der Waals surface area contributed by atoms with Crippen molar-refractivity contribution in [2.24, 2.45) is 0 Å². The second-order valence-corrected chi connectivity index (χ2v) is 5.35. The van der Waals surface area contributed by atoms with E-state index < -0.39 is 10.9 Å². The van der Waals surface area contributed by atoms with E-state index in [0.717, 1.165) is 0 Å². The SMILES string of the molecule is C=C(C)C(=O)OCCOCCOCCOCCOc1ccc([N+](=O)[O-])cc1. The maximum atomic E-state index is 11.1. The molecule has 0 aliphatic rings. The van der Waals surface area contributed by atoms with Crippen LogP contribution >= 0.6 is 0 Å². The van der Waals surface area contributed by atoms with Crippen molar-refractivity contribution in [3.63, 3.8) is 0 Å². The van der Waals surface area contributed by atoms with Gasteiger partial charge in [-0.2, -0.15) is 0 Å². The van der Waals surface area contributed by atoms with Gasteiger partial charge in [0, 0.05) is 17.7 Å². The van der Waals surface area contributed by atoms with Gasteiger partial charge in [0.1, 0.15) is 19.0 Å². The number of carbonyl (C=O) groups is 1. The summed E-state index contributed by atoms with van der Waals surface area (Å²) in [5.74, 6) is 0.121. The number of rotatable bonds is 15. The van der Waals surface area contributed by atoms with Crippen LogP contribution in [0.15, 0.2) is 36.4 Å². The standard InChI is InChI=1S/C18H25NO8/c1-15(2)18(20)27-14-12-25-10-8-23-7-9-24-11-13-26-17-5-3-16(4-6-17)19(21)22/h3-6H,1,7-14H2,2H3. The summed E-state index contributed by atoms with van der Waals surface area (Å²) in [6, 6.07) is 5.86. The van der Waals surface area contributed by atoms with Crippen molar-refractivity contribution in [1.29, 1.82) is 0 Å². The lowest BCUT2D eigenvalue weighted by atomic mass is 10.3. The van der Waals surface area contributed by atoms with Crippen molar-refractivity contribution in [1.82, 2.24) is 0 Å². The number of hydrogen-bond donors (Lipinski definition) is 0. The highest BCUT2D eigenvalue weighted by Gasteiger charge is 2.04. The van der Waals surface area contributed by atoms with Gasteiger partial charge in [0.25, 0.3) is 5.69 Å². The third-order valence-corrected chi connectivity index (χ3v) is 3.10. The fraction of sp³-hybridized carbons (Fsp3) is 0.500. The molecule has 0 radical (unpaired) electrons. The highest BCUT2D eigenvalue weighted by Crippen LogP contribution is 2.16. The molecule has 0 amide bonds. The van der Waals surface area contributed by atoms with Crippen LogP contribution in [0.1, 0.15) is 6.92 Å². The Morgan fingerprint density at radius 3 is 1.89 bits per heavy atom. The Balaban J connectivity index is 1.87. The van der Waals surface area contributed by atoms with Crippen LogP contribution in [0, 0.1) is 10.1 Å². The summed E-state index contributed by atoms with van der Waals surface area (Å²) in [4.78, 5) is 21.2. The van der Waals surface area contributed by atoms with Crippen LogP contribution in [-0.4, -0.2) is 63.7 Å². The van der Waals surface area contributed by atoms with Crippen molar-refractivity contribution in [3.8, 4) is 5.75 Å². The zero-order chi connectivity index (χ0) is 19.9. The van der Waals surface area contributed by atoms with E-state index in [2.05, 4.69) is 6.58 Å². The molecule has 0 aliphatic carbocycles. The average Bonchev–Trinajstić information content (AvgIpc) is 2.65. The molecule has 0 aromatic heterocycles. The maximum absolute atomic E-state index is 11.1. The molecule has 9 heteroatoms. The number of carbonyl (C=O) groups excluding carboxylic acids is 1. The van der Waals surface area contributed by atoms with Gasteiger partial charge < -0.3 is 23.7 Å². The van der Waals surface area contributed by atoms with Crippen molar-refractivity contribution < 1.29 is 33.4 Å². The number of esters is 1. The Morgan fingerprint density at radius 1 is 0.926 bits per heavy atom. The van der Waals surface area contributed by atoms with Crippen molar-refractivity contribution in [2.45, 2.75) is 6.92 Å². The Kier molecular flexibility index (Phi) is 11.4. The van der Waals surface area contributed by atoms with Crippen molar-refractivity contribution in [3.05, 3.63) is 46.5 Å². The van der Waals surface area contributed by atoms with Gasteiger partial charge >= 0.3 is 5.97 Å². The smallest absolute Gasteiger partial charge is 0.333 e. The molecule has 150 valence electrons. The molecule has 0 saturated heterocycles. The van der Waals surface area contributed by atoms with Gasteiger partial charge in [-0.15, -0.1) is 0 Å². The predicted octanol–water partition coefficient (Wildman–Crippen LogP) is 2.14. The molecule has 0 N–H and O–H groups in total. The minimum atomic E-state index is -0.462. The lowest BCUT2D eigenvalue weighted by Gasteiger charge is -2.08. The van der Waals surface area contributed by atoms with Crippen LogP contribution in [0.5, 0.6) is 5.75 Å². The Hall–Kier alpha value is -2.49. The summed E-state index contributed by atoms with van der Waals surface area (Å²) in [6.45, 7) is 7.92. The Labute approximate surface area is 158 Å². The van der Waals surface area contributed by atoms with Crippen LogP contribution in [0.2, 0.25) is 0 Å². The van der Waals surface area contributed by atoms with Gasteiger partial charge in [-0.1, -0.05) is 6.58 Å². The molecule has 0 aliphatic heterocycles. The number of non-ortho nitro benzene ring substituents is 1. The Morgan fingerprint density at radius 2 is 1.41 bits per heavy atom. The molecule has 0 heterocycles. The largest absolute Gasteiger partial charge is 0.491 e. The lowest BCUT2D eigenvalue weighted by Crippen LogP contribution is -2.15. The number of nitro benzene ring substituents is 1. The number of benzene rings is 1. The zero-order valence-electron chi connectivity index (χ0n) is 15.4. The zero-order valence-corrected chi connectivity index (χ0v) is 15.4. The normalized spacial score (nSPS) is 10.4. The van der Waals surface area contributed by atoms with Crippen molar-refractivity contribution in [2.75, 3.05) is 52.9 Å². The first-order valence-electron chi connectivity index (χ1n) is 8.44. The summed E-state index contributed by atoms with van der Waals surface area (Å²) in [5.41, 5.74) is 0.379. The lowest BCUT2D eigenvalue weighted by molar-refractivity contribution is -0.384. The summed E-state index contributed by atoms with van der Waals surface area (Å²) in [6.07, 6.45) is 0. The van der Waals surface area contributed by atoms with E-state index in [1.165, 1.54) is 12.1 Å². The number of nitro groups is 1. The van der Waals surface area contributed by atoms with Crippen LogP contribution < -0.4 is 4.74 Å². The molecule has 0 saturated carbocycles. The predicted molar refractivity (Wildman–Crippen MR) is 96.8 cm³/mol. The molecule has 0 unspecified atom stereocenters. The molecule has 1 aromatic carbocycles. The van der Waals surface area contributed by atoms with E-state index in [1.807, 2.05) is 0 Å². The molecule has 0 atom stereocenters.